The molecule has 0 spiro atoms. The zero-order valence-electron chi connectivity index (χ0n) is 17.0. The summed E-state index contributed by atoms with van der Waals surface area (Å²) in [5.41, 5.74) is 1.82. The van der Waals surface area contributed by atoms with Crippen molar-refractivity contribution < 1.29 is 8.42 Å². The molecule has 0 unspecified atom stereocenters. The van der Waals surface area contributed by atoms with Crippen molar-refractivity contribution in [3.63, 3.8) is 0 Å². The van der Waals surface area contributed by atoms with E-state index in [9.17, 15) is 8.42 Å². The molecule has 2 heterocycles. The molecule has 9 heteroatoms. The van der Waals surface area contributed by atoms with E-state index in [1.807, 2.05) is 53.1 Å². The predicted octanol–water partition coefficient (Wildman–Crippen LogP) is 3.36. The van der Waals surface area contributed by atoms with Crippen LogP contribution in [0.25, 0.3) is 27.6 Å². The van der Waals surface area contributed by atoms with Gasteiger partial charge in [0.05, 0.1) is 15.9 Å². The van der Waals surface area contributed by atoms with Gasteiger partial charge in [0.1, 0.15) is 12.1 Å². The van der Waals surface area contributed by atoms with Gasteiger partial charge in [0.25, 0.3) is 0 Å². The number of para-hydroxylation sites is 2. The molecule has 2 N–H and O–H groups in total. The van der Waals surface area contributed by atoms with Gasteiger partial charge in [0.15, 0.2) is 0 Å². The van der Waals surface area contributed by atoms with Gasteiger partial charge in [0.2, 0.25) is 16.0 Å². The molecule has 0 aliphatic carbocycles. The lowest BCUT2D eigenvalue weighted by molar-refractivity contribution is 0.583. The van der Waals surface area contributed by atoms with Crippen LogP contribution in [0.15, 0.2) is 90.2 Å². The number of aromatic nitrogens is 4. The fourth-order valence-electron chi connectivity index (χ4n) is 3.58. The van der Waals surface area contributed by atoms with Crippen molar-refractivity contribution in [2.75, 3.05) is 18.4 Å². The van der Waals surface area contributed by atoms with Crippen molar-refractivity contribution >= 4 is 37.8 Å². The van der Waals surface area contributed by atoms with E-state index in [1.54, 1.807) is 36.8 Å². The first-order chi connectivity index (χ1) is 15.6. The summed E-state index contributed by atoms with van der Waals surface area (Å²) < 4.78 is 30.1. The molecule has 0 atom stereocenters. The summed E-state index contributed by atoms with van der Waals surface area (Å²) in [5.74, 6) is 1.08. The number of nitrogens with zero attached hydrogens (tertiary/aromatic N) is 4. The number of benzene rings is 3. The summed E-state index contributed by atoms with van der Waals surface area (Å²) in [5, 5.41) is 4.65. The van der Waals surface area contributed by atoms with E-state index in [4.69, 9.17) is 0 Å². The Kier molecular flexibility index (Phi) is 5.26. The molecule has 32 heavy (non-hydrogen) atoms. The third kappa shape index (κ3) is 3.91. The number of fused-ring (bicyclic) bond motifs is 2. The van der Waals surface area contributed by atoms with Gasteiger partial charge in [-0.15, -0.1) is 0 Å². The maximum Gasteiger partial charge on any atom is 0.241 e. The highest BCUT2D eigenvalue weighted by atomic mass is 32.2. The molecule has 0 amide bonds. The largest absolute Gasteiger partial charge is 0.353 e. The molecule has 5 rings (SSSR count). The third-order valence-corrected chi connectivity index (χ3v) is 6.60. The minimum absolute atomic E-state index is 0.188. The molecule has 0 aliphatic heterocycles. The lowest BCUT2D eigenvalue weighted by Crippen LogP contribution is -2.29. The minimum Gasteiger partial charge on any atom is -0.353 e. The van der Waals surface area contributed by atoms with Crippen molar-refractivity contribution in [3.05, 3.63) is 85.3 Å². The van der Waals surface area contributed by atoms with Crippen LogP contribution in [0.5, 0.6) is 0 Å². The molecule has 0 saturated heterocycles. The maximum absolute atomic E-state index is 12.8. The smallest absolute Gasteiger partial charge is 0.241 e. The monoisotopic (exact) mass is 444 g/mol. The minimum atomic E-state index is -3.65. The Hall–Kier alpha value is -3.82. The van der Waals surface area contributed by atoms with Crippen LogP contribution in [0.3, 0.4) is 0 Å². The Balaban J connectivity index is 1.27. The van der Waals surface area contributed by atoms with Gasteiger partial charge < -0.3 is 5.32 Å². The first kappa shape index (κ1) is 20.1. The van der Waals surface area contributed by atoms with Crippen molar-refractivity contribution in [2.24, 2.45) is 0 Å². The number of anilines is 1. The molecule has 0 aliphatic rings. The van der Waals surface area contributed by atoms with E-state index in [0.717, 1.165) is 16.4 Å². The van der Waals surface area contributed by atoms with Gasteiger partial charge in [-0.2, -0.15) is 4.98 Å². The third-order valence-electron chi connectivity index (χ3n) is 5.08. The van der Waals surface area contributed by atoms with Crippen molar-refractivity contribution in [1.82, 2.24) is 24.2 Å². The average molecular weight is 445 g/mol. The van der Waals surface area contributed by atoms with E-state index < -0.39 is 10.0 Å². The first-order valence-corrected chi connectivity index (χ1v) is 11.6. The molecule has 0 radical (unpaired) electrons. The lowest BCUT2D eigenvalue weighted by atomic mass is 10.1. The zero-order valence-corrected chi connectivity index (χ0v) is 17.8. The Morgan fingerprint density at radius 1 is 0.844 bits per heavy atom. The van der Waals surface area contributed by atoms with Crippen LogP contribution >= 0.6 is 0 Å². The number of imidazole rings is 1. The molecular formula is C23H20N6O2S. The highest BCUT2D eigenvalue weighted by molar-refractivity contribution is 7.89. The number of hydrogen-bond donors (Lipinski definition) is 2. The fourth-order valence-corrected chi connectivity index (χ4v) is 4.84. The number of rotatable bonds is 7. The fraction of sp³-hybridized carbons (Fsp3) is 0.0870. The van der Waals surface area contributed by atoms with E-state index in [1.165, 1.54) is 0 Å². The topological polar surface area (TPSA) is 102 Å². The van der Waals surface area contributed by atoms with Crippen LogP contribution in [-0.2, 0) is 10.0 Å². The van der Waals surface area contributed by atoms with Crippen LogP contribution < -0.4 is 10.0 Å². The summed E-state index contributed by atoms with van der Waals surface area (Å²) >= 11 is 0. The molecule has 2 aromatic heterocycles. The van der Waals surface area contributed by atoms with E-state index >= 15 is 0 Å². The van der Waals surface area contributed by atoms with E-state index in [-0.39, 0.29) is 11.4 Å². The van der Waals surface area contributed by atoms with Gasteiger partial charge in [-0.3, -0.25) is 4.57 Å². The SMILES string of the molecule is O=S(=O)(NCCNc1nccc(-n2cnc3ccccc32)n1)c1cccc2ccccc12. The van der Waals surface area contributed by atoms with Crippen molar-refractivity contribution in [3.8, 4) is 5.82 Å². The summed E-state index contributed by atoms with van der Waals surface area (Å²) in [4.78, 5) is 13.4. The van der Waals surface area contributed by atoms with Crippen LogP contribution in [0, 0.1) is 0 Å². The van der Waals surface area contributed by atoms with Gasteiger partial charge in [0, 0.05) is 24.7 Å². The molecule has 0 bridgehead atoms. The number of hydrogen-bond acceptors (Lipinski definition) is 6. The van der Waals surface area contributed by atoms with Gasteiger partial charge in [-0.05, 0) is 29.7 Å². The molecule has 5 aromatic rings. The van der Waals surface area contributed by atoms with Gasteiger partial charge in [-0.25, -0.2) is 23.1 Å². The summed E-state index contributed by atoms with van der Waals surface area (Å²) in [7, 11) is -3.65. The van der Waals surface area contributed by atoms with Crippen LogP contribution in [-0.4, -0.2) is 41.0 Å². The predicted molar refractivity (Wildman–Crippen MR) is 124 cm³/mol. The zero-order chi connectivity index (χ0) is 22.0. The summed E-state index contributed by atoms with van der Waals surface area (Å²) in [6.45, 7) is 0.519. The number of nitrogens with one attached hydrogen (secondary N) is 2. The molecule has 8 nitrogen and oxygen atoms in total. The Morgan fingerprint density at radius 2 is 1.66 bits per heavy atom. The van der Waals surface area contributed by atoms with Crippen LogP contribution in [0.1, 0.15) is 0 Å². The Bertz CT molecular complexity index is 1510. The lowest BCUT2D eigenvalue weighted by Gasteiger charge is -2.11. The van der Waals surface area contributed by atoms with Crippen molar-refractivity contribution in [1.29, 1.82) is 0 Å². The van der Waals surface area contributed by atoms with E-state index in [0.29, 0.717) is 23.7 Å². The standard InChI is InChI=1S/C23H20N6O2S/c30-32(31,21-11-5-7-17-6-1-2-8-18(17)21)27-15-14-25-23-24-13-12-22(28-23)29-16-26-19-9-3-4-10-20(19)29/h1-13,16,27H,14-15H2,(H,24,25,28). The average Bonchev–Trinajstić information content (AvgIpc) is 3.26. The van der Waals surface area contributed by atoms with Crippen molar-refractivity contribution in [2.45, 2.75) is 4.90 Å². The highest BCUT2D eigenvalue weighted by Gasteiger charge is 2.16. The van der Waals surface area contributed by atoms with Gasteiger partial charge in [-0.1, -0.05) is 48.5 Å². The van der Waals surface area contributed by atoms with E-state index in [2.05, 4.69) is 25.0 Å². The summed E-state index contributed by atoms with van der Waals surface area (Å²) in [6.07, 6.45) is 3.37. The first-order valence-electron chi connectivity index (χ1n) is 10.1. The maximum atomic E-state index is 12.8. The summed E-state index contributed by atoms with van der Waals surface area (Å²) in [6, 6.07) is 22.3. The second-order valence-electron chi connectivity index (χ2n) is 7.14. The molecule has 160 valence electrons. The molecule has 0 fully saturated rings. The molecule has 3 aromatic carbocycles. The normalized spacial score (nSPS) is 11.8. The van der Waals surface area contributed by atoms with Crippen LogP contribution in [0.2, 0.25) is 0 Å². The second kappa shape index (κ2) is 8.37. The molecule has 0 saturated carbocycles. The Labute approximate surface area is 185 Å². The highest BCUT2D eigenvalue weighted by Crippen LogP contribution is 2.22. The van der Waals surface area contributed by atoms with Crippen LogP contribution in [0.4, 0.5) is 5.95 Å². The molecular weight excluding hydrogens is 424 g/mol. The Morgan fingerprint density at radius 3 is 2.59 bits per heavy atom. The second-order valence-corrected chi connectivity index (χ2v) is 8.88. The number of sulfonamides is 1. The van der Waals surface area contributed by atoms with Gasteiger partial charge >= 0.3 is 0 Å². The quantitative estimate of drug-likeness (QED) is 0.373.